The highest BCUT2D eigenvalue weighted by molar-refractivity contribution is 5.94. The summed E-state index contributed by atoms with van der Waals surface area (Å²) in [5, 5.41) is 0. The van der Waals surface area contributed by atoms with Crippen LogP contribution < -0.4 is 0 Å². The van der Waals surface area contributed by atoms with Crippen molar-refractivity contribution in [3.8, 4) is 0 Å². The number of aromatic amines is 1. The molecule has 0 aliphatic carbocycles. The van der Waals surface area contributed by atoms with Crippen LogP contribution in [0, 0.1) is 0 Å². The van der Waals surface area contributed by atoms with E-state index in [1.165, 1.54) is 0 Å². The molecule has 1 N–H and O–H groups in total. The number of benzene rings is 1. The first-order valence-electron chi connectivity index (χ1n) is 11.9. The predicted molar refractivity (Wildman–Crippen MR) is 121 cm³/mol. The third-order valence-corrected chi connectivity index (χ3v) is 7.14. The number of fused-ring (bicyclic) bond motifs is 1. The molecule has 0 unspecified atom stereocenters. The van der Waals surface area contributed by atoms with Gasteiger partial charge in [0.2, 0.25) is 0 Å². The summed E-state index contributed by atoms with van der Waals surface area (Å²) in [6.45, 7) is 2.29. The number of carbonyl (C=O) groups is 1. The second-order valence-electron chi connectivity index (χ2n) is 9.34. The van der Waals surface area contributed by atoms with E-state index in [1.54, 1.807) is 4.90 Å². The molecule has 3 aromatic rings. The largest absolute Gasteiger partial charge is 0.458 e. The fourth-order valence-electron chi connectivity index (χ4n) is 4.99. The number of hydrogen-bond acceptors (Lipinski definition) is 4. The summed E-state index contributed by atoms with van der Waals surface area (Å²) >= 11 is 0. The number of H-pyrrole nitrogens is 1. The van der Waals surface area contributed by atoms with Crippen molar-refractivity contribution in [1.29, 1.82) is 0 Å². The Morgan fingerprint density at radius 2 is 1.64 bits per heavy atom. The molecular formula is C25H25F5N4O2. The minimum atomic E-state index is -5.70. The number of alkyl halides is 5. The molecule has 2 saturated heterocycles. The van der Waals surface area contributed by atoms with Crippen LogP contribution in [-0.4, -0.2) is 58.2 Å². The Morgan fingerprint density at radius 3 is 2.28 bits per heavy atom. The average Bonchev–Trinajstić information content (AvgIpc) is 3.31. The van der Waals surface area contributed by atoms with E-state index in [0.717, 1.165) is 47.4 Å². The van der Waals surface area contributed by atoms with Crippen LogP contribution in [0.1, 0.15) is 64.7 Å². The van der Waals surface area contributed by atoms with Crippen molar-refractivity contribution in [3.05, 3.63) is 59.0 Å². The molecule has 0 spiro atoms. The topological polar surface area (TPSA) is 71.1 Å². The third kappa shape index (κ3) is 4.56. The second-order valence-corrected chi connectivity index (χ2v) is 9.34. The first-order chi connectivity index (χ1) is 17.1. The van der Waals surface area contributed by atoms with E-state index in [2.05, 4.69) is 9.97 Å². The standard InChI is InChI=1S/C25H25F5N4O2/c26-24(27,25(28,29)30)18-3-1-17(2-4-18)23(35)34-9-5-15(6-10-34)19-13-31-22-21(19)33-20(14-32-22)16-7-11-36-12-8-16/h1-4,13-16H,5-12H2,(H,31,32). The number of piperidine rings is 1. The fourth-order valence-corrected chi connectivity index (χ4v) is 4.99. The molecule has 192 valence electrons. The molecule has 6 nitrogen and oxygen atoms in total. The molecule has 4 heterocycles. The molecule has 11 heteroatoms. The first kappa shape index (κ1) is 24.6. The zero-order valence-electron chi connectivity index (χ0n) is 19.3. The summed E-state index contributed by atoms with van der Waals surface area (Å²) in [7, 11) is 0. The SMILES string of the molecule is O=C(c1ccc(C(F)(F)C(F)(F)F)cc1)N1CCC(c2c[nH]c3ncc(C4CCOCC4)nc23)CC1. The molecule has 1 amide bonds. The highest BCUT2D eigenvalue weighted by atomic mass is 19.4. The molecule has 5 rings (SSSR count). The van der Waals surface area contributed by atoms with E-state index >= 15 is 0 Å². The number of nitrogens with zero attached hydrogens (tertiary/aromatic N) is 3. The van der Waals surface area contributed by atoms with Crippen LogP contribution in [0.25, 0.3) is 11.2 Å². The molecular weight excluding hydrogens is 483 g/mol. The number of hydrogen-bond donors (Lipinski definition) is 1. The van der Waals surface area contributed by atoms with Crippen molar-refractivity contribution in [2.45, 2.75) is 49.6 Å². The minimum absolute atomic E-state index is 0.0780. The average molecular weight is 508 g/mol. The molecule has 2 aromatic heterocycles. The maximum Gasteiger partial charge on any atom is 0.458 e. The van der Waals surface area contributed by atoms with Gasteiger partial charge >= 0.3 is 12.1 Å². The number of likely N-dealkylation sites (tertiary alicyclic amines) is 1. The normalized spacial score (nSPS) is 18.6. The lowest BCUT2D eigenvalue weighted by Crippen LogP contribution is -2.38. The number of rotatable bonds is 4. The summed E-state index contributed by atoms with van der Waals surface area (Å²) < 4.78 is 70.3. The molecule has 2 aliphatic heterocycles. The van der Waals surface area contributed by atoms with Crippen LogP contribution in [-0.2, 0) is 10.7 Å². The lowest BCUT2D eigenvalue weighted by atomic mass is 9.90. The Balaban J connectivity index is 1.26. The van der Waals surface area contributed by atoms with Crippen molar-refractivity contribution < 1.29 is 31.5 Å². The number of amides is 1. The Kier molecular flexibility index (Phi) is 6.44. The Labute approximate surface area is 203 Å². The van der Waals surface area contributed by atoms with Crippen LogP contribution in [0.2, 0.25) is 0 Å². The molecule has 0 bridgehead atoms. The smallest absolute Gasteiger partial charge is 0.381 e. The van der Waals surface area contributed by atoms with Gasteiger partial charge in [-0.25, -0.2) is 9.97 Å². The summed E-state index contributed by atoms with van der Waals surface area (Å²) in [5.74, 6) is -4.88. The summed E-state index contributed by atoms with van der Waals surface area (Å²) in [6.07, 6.45) is 1.21. The van der Waals surface area contributed by atoms with E-state index in [0.29, 0.717) is 57.2 Å². The van der Waals surface area contributed by atoms with E-state index in [9.17, 15) is 26.7 Å². The van der Waals surface area contributed by atoms with Gasteiger partial charge in [0.05, 0.1) is 11.9 Å². The van der Waals surface area contributed by atoms with Crippen molar-refractivity contribution in [2.75, 3.05) is 26.3 Å². The van der Waals surface area contributed by atoms with Gasteiger partial charge in [0, 0.05) is 55.1 Å². The second kappa shape index (κ2) is 9.42. The summed E-state index contributed by atoms with van der Waals surface area (Å²) in [6, 6.07) is 3.37. The number of ether oxygens (including phenoxy) is 1. The third-order valence-electron chi connectivity index (χ3n) is 7.14. The van der Waals surface area contributed by atoms with E-state index in [1.807, 2.05) is 12.4 Å². The number of nitrogens with one attached hydrogen (secondary N) is 1. The molecule has 1 aromatic carbocycles. The van der Waals surface area contributed by atoms with E-state index in [-0.39, 0.29) is 11.5 Å². The molecule has 2 aliphatic rings. The number of aromatic nitrogens is 3. The highest BCUT2D eigenvalue weighted by Gasteiger charge is 2.58. The van der Waals surface area contributed by atoms with Gasteiger partial charge in [-0.05, 0) is 43.7 Å². The van der Waals surface area contributed by atoms with Crippen LogP contribution in [0.3, 0.4) is 0 Å². The molecule has 0 atom stereocenters. The van der Waals surface area contributed by atoms with Crippen LogP contribution in [0.5, 0.6) is 0 Å². The van der Waals surface area contributed by atoms with Gasteiger partial charge in [-0.3, -0.25) is 4.79 Å². The Hall–Kier alpha value is -3.08. The minimum Gasteiger partial charge on any atom is -0.381 e. The molecule has 36 heavy (non-hydrogen) atoms. The Morgan fingerprint density at radius 1 is 0.972 bits per heavy atom. The molecule has 0 saturated carbocycles. The molecule has 0 radical (unpaired) electrons. The van der Waals surface area contributed by atoms with Gasteiger partial charge in [0.15, 0.2) is 5.65 Å². The quantitative estimate of drug-likeness (QED) is 0.471. The van der Waals surface area contributed by atoms with E-state index in [4.69, 9.17) is 9.72 Å². The van der Waals surface area contributed by atoms with Crippen LogP contribution in [0.4, 0.5) is 22.0 Å². The maximum atomic E-state index is 13.5. The summed E-state index contributed by atoms with van der Waals surface area (Å²) in [4.78, 5) is 27.1. The number of halogens is 5. The van der Waals surface area contributed by atoms with E-state index < -0.39 is 23.6 Å². The first-order valence-corrected chi connectivity index (χ1v) is 11.9. The monoisotopic (exact) mass is 508 g/mol. The zero-order chi connectivity index (χ0) is 25.5. The van der Waals surface area contributed by atoms with Crippen LogP contribution >= 0.6 is 0 Å². The molecule has 2 fully saturated rings. The van der Waals surface area contributed by atoms with Crippen molar-refractivity contribution in [2.24, 2.45) is 0 Å². The van der Waals surface area contributed by atoms with Gasteiger partial charge in [-0.15, -0.1) is 0 Å². The van der Waals surface area contributed by atoms with Crippen LogP contribution in [0.15, 0.2) is 36.7 Å². The van der Waals surface area contributed by atoms with Gasteiger partial charge < -0.3 is 14.6 Å². The lowest BCUT2D eigenvalue weighted by Gasteiger charge is -2.32. The Bertz CT molecular complexity index is 1230. The maximum absolute atomic E-state index is 13.5. The zero-order valence-corrected chi connectivity index (χ0v) is 19.3. The van der Waals surface area contributed by atoms with Gasteiger partial charge in [-0.1, -0.05) is 12.1 Å². The lowest BCUT2D eigenvalue weighted by molar-refractivity contribution is -0.289. The summed E-state index contributed by atoms with van der Waals surface area (Å²) in [5.41, 5.74) is 2.45. The van der Waals surface area contributed by atoms with Crippen molar-refractivity contribution >= 4 is 17.1 Å². The van der Waals surface area contributed by atoms with Crippen molar-refractivity contribution in [1.82, 2.24) is 19.9 Å². The fraction of sp³-hybridized carbons (Fsp3) is 0.480. The van der Waals surface area contributed by atoms with Gasteiger partial charge in [0.25, 0.3) is 5.91 Å². The van der Waals surface area contributed by atoms with Gasteiger partial charge in [-0.2, -0.15) is 22.0 Å². The van der Waals surface area contributed by atoms with Gasteiger partial charge in [0.1, 0.15) is 5.52 Å². The number of carbonyl (C=O) groups excluding carboxylic acids is 1. The predicted octanol–water partition coefficient (Wildman–Crippen LogP) is 5.53. The highest BCUT2D eigenvalue weighted by Crippen LogP contribution is 2.43. The van der Waals surface area contributed by atoms with Crippen molar-refractivity contribution in [3.63, 3.8) is 0 Å².